The Hall–Kier alpha value is -2.72. The molecule has 2 N–H and O–H groups in total. The molecular formula is C20H20Br2O8. The maximum atomic E-state index is 11.7. The molecule has 10 heteroatoms. The van der Waals surface area contributed by atoms with Gasteiger partial charge in [0.15, 0.2) is 0 Å². The number of carbonyl (C=O) groups excluding carboxylic acids is 2. The summed E-state index contributed by atoms with van der Waals surface area (Å²) in [7, 11) is 0. The summed E-state index contributed by atoms with van der Waals surface area (Å²) in [6.07, 6.45) is 2.91. The van der Waals surface area contributed by atoms with Gasteiger partial charge in [0.05, 0.1) is 22.3 Å². The molecule has 0 aliphatic rings. The Morgan fingerprint density at radius 3 is 1.37 bits per heavy atom. The number of esters is 2. The third-order valence-electron chi connectivity index (χ3n) is 3.18. The molecule has 1 aromatic carbocycles. The molecule has 0 radical (unpaired) electrons. The van der Waals surface area contributed by atoms with Crippen LogP contribution in [0.5, 0.6) is 0 Å². The third-order valence-corrected chi connectivity index (χ3v) is 4.30. The second-order valence-corrected chi connectivity index (χ2v) is 6.28. The van der Waals surface area contributed by atoms with Gasteiger partial charge in [-0.25, -0.2) is 19.2 Å². The van der Waals surface area contributed by atoms with E-state index in [0.717, 1.165) is 0 Å². The summed E-state index contributed by atoms with van der Waals surface area (Å²) in [5, 5.41) is 17.2. The minimum atomic E-state index is -1.22. The average Bonchev–Trinajstić information content (AvgIpc) is 2.73. The highest BCUT2D eigenvalue weighted by Gasteiger charge is 2.18. The summed E-state index contributed by atoms with van der Waals surface area (Å²) in [4.78, 5) is 44.3. The van der Waals surface area contributed by atoms with Gasteiger partial charge in [-0.1, -0.05) is 69.3 Å². The van der Waals surface area contributed by atoms with Gasteiger partial charge in [0, 0.05) is 10.7 Å². The smallest absolute Gasteiger partial charge is 0.339 e. The number of carboxylic acids is 2. The highest BCUT2D eigenvalue weighted by Crippen LogP contribution is 2.12. The standard InChI is InChI=1S/C14H14O4.C6H6Br2O4/c1-3-9-17-13(15)11-7-5-6-8-12(11)14(16)18-10-4-2;7-1-3(5(9)10)4(2-8)6(11)12/h3-8H,1-2,9-10H2;1-2H2,(H,9,10)(H,11,12). The van der Waals surface area contributed by atoms with Crippen LogP contribution in [-0.4, -0.2) is 58.0 Å². The number of aliphatic carboxylic acids is 2. The maximum Gasteiger partial charge on any atom is 0.339 e. The van der Waals surface area contributed by atoms with E-state index in [1.165, 1.54) is 24.3 Å². The predicted octanol–water partition coefficient (Wildman–Crippen LogP) is 3.61. The molecule has 1 rings (SSSR count). The van der Waals surface area contributed by atoms with Crippen molar-refractivity contribution < 1.29 is 38.9 Å². The van der Waals surface area contributed by atoms with Crippen LogP contribution in [0.15, 0.2) is 60.7 Å². The lowest BCUT2D eigenvalue weighted by atomic mass is 10.1. The Kier molecular flexibility index (Phi) is 13.8. The first-order valence-electron chi connectivity index (χ1n) is 8.20. The molecule has 0 aliphatic carbocycles. The predicted molar refractivity (Wildman–Crippen MR) is 117 cm³/mol. The summed E-state index contributed by atoms with van der Waals surface area (Å²) in [5.41, 5.74) is 0.0700. The molecule has 0 fully saturated rings. The van der Waals surface area contributed by atoms with Crippen molar-refractivity contribution in [2.45, 2.75) is 0 Å². The molecule has 1 aromatic rings. The number of ether oxygens (including phenoxy) is 2. The van der Waals surface area contributed by atoms with Crippen molar-refractivity contribution in [3.63, 3.8) is 0 Å². The van der Waals surface area contributed by atoms with E-state index in [9.17, 15) is 19.2 Å². The van der Waals surface area contributed by atoms with Crippen molar-refractivity contribution in [2.75, 3.05) is 23.9 Å². The second-order valence-electron chi connectivity index (χ2n) is 5.15. The molecule has 30 heavy (non-hydrogen) atoms. The fourth-order valence-electron chi connectivity index (χ4n) is 1.80. The lowest BCUT2D eigenvalue weighted by Crippen LogP contribution is -2.14. The van der Waals surface area contributed by atoms with Gasteiger partial charge in [-0.15, -0.1) is 0 Å². The number of alkyl halides is 2. The molecule has 0 atom stereocenters. The van der Waals surface area contributed by atoms with Crippen molar-refractivity contribution in [3.8, 4) is 0 Å². The molecular weight excluding hydrogens is 528 g/mol. The van der Waals surface area contributed by atoms with Crippen LogP contribution in [0.25, 0.3) is 0 Å². The Morgan fingerprint density at radius 1 is 0.800 bits per heavy atom. The fraction of sp³-hybridized carbons (Fsp3) is 0.200. The first kappa shape index (κ1) is 27.3. The fourth-order valence-corrected chi connectivity index (χ4v) is 2.95. The lowest BCUT2D eigenvalue weighted by Gasteiger charge is -2.07. The van der Waals surface area contributed by atoms with Crippen LogP contribution in [0, 0.1) is 0 Å². The normalized spacial score (nSPS) is 10.5. The quantitative estimate of drug-likeness (QED) is 0.197. The van der Waals surface area contributed by atoms with Crippen LogP contribution >= 0.6 is 31.9 Å². The van der Waals surface area contributed by atoms with E-state index in [2.05, 4.69) is 45.0 Å². The van der Waals surface area contributed by atoms with Crippen molar-refractivity contribution in [2.24, 2.45) is 0 Å². The Balaban J connectivity index is 0.000000612. The largest absolute Gasteiger partial charge is 0.478 e. The monoisotopic (exact) mass is 546 g/mol. The lowest BCUT2D eigenvalue weighted by molar-refractivity contribution is -0.135. The maximum absolute atomic E-state index is 11.7. The molecule has 0 amide bonds. The summed E-state index contributed by atoms with van der Waals surface area (Å²) in [6, 6.07) is 6.31. The average molecular weight is 548 g/mol. The van der Waals surface area contributed by atoms with Crippen LogP contribution in [0.4, 0.5) is 0 Å². The minimum Gasteiger partial charge on any atom is -0.478 e. The van der Waals surface area contributed by atoms with E-state index < -0.39 is 23.9 Å². The molecule has 0 spiro atoms. The topological polar surface area (TPSA) is 127 Å². The molecule has 0 saturated carbocycles. The summed E-state index contributed by atoms with van der Waals surface area (Å²) < 4.78 is 9.78. The van der Waals surface area contributed by atoms with Crippen molar-refractivity contribution >= 4 is 55.7 Å². The van der Waals surface area contributed by atoms with Crippen molar-refractivity contribution in [1.29, 1.82) is 0 Å². The Bertz CT molecular complexity index is 763. The summed E-state index contributed by atoms with van der Waals surface area (Å²) in [6.45, 7) is 7.07. The van der Waals surface area contributed by atoms with Crippen molar-refractivity contribution in [1.82, 2.24) is 0 Å². The molecule has 162 valence electrons. The molecule has 0 saturated heterocycles. The van der Waals surface area contributed by atoms with Gasteiger partial charge in [-0.2, -0.15) is 0 Å². The number of carboxylic acid groups (broad SMARTS) is 2. The third kappa shape index (κ3) is 9.19. The van der Waals surface area contributed by atoms with E-state index in [4.69, 9.17) is 19.7 Å². The SMILES string of the molecule is C=CCOC(=O)c1ccccc1C(=O)OCC=C.O=C(O)C(CBr)=C(CBr)C(=O)O. The van der Waals surface area contributed by atoms with Crippen molar-refractivity contribution in [3.05, 3.63) is 71.8 Å². The minimum absolute atomic E-state index is 0.0234. The van der Waals surface area contributed by atoms with Gasteiger partial charge in [-0.05, 0) is 12.1 Å². The first-order valence-corrected chi connectivity index (χ1v) is 10.4. The van der Waals surface area contributed by atoms with Gasteiger partial charge in [0.1, 0.15) is 13.2 Å². The molecule has 0 bridgehead atoms. The Labute approximate surface area is 190 Å². The van der Waals surface area contributed by atoms with Crippen LogP contribution < -0.4 is 0 Å². The Morgan fingerprint density at radius 2 is 1.13 bits per heavy atom. The molecule has 8 nitrogen and oxygen atoms in total. The van der Waals surface area contributed by atoms with E-state index >= 15 is 0 Å². The van der Waals surface area contributed by atoms with Gasteiger partial charge < -0.3 is 19.7 Å². The molecule has 0 unspecified atom stereocenters. The zero-order valence-corrected chi connectivity index (χ0v) is 19.0. The number of hydrogen-bond donors (Lipinski definition) is 2. The highest BCUT2D eigenvalue weighted by molar-refractivity contribution is 9.09. The van der Waals surface area contributed by atoms with E-state index in [1.54, 1.807) is 12.1 Å². The van der Waals surface area contributed by atoms with Crippen LogP contribution in [0.1, 0.15) is 20.7 Å². The number of rotatable bonds is 10. The van der Waals surface area contributed by atoms with Crippen LogP contribution in [0.2, 0.25) is 0 Å². The van der Waals surface area contributed by atoms with E-state index in [-0.39, 0.29) is 46.1 Å². The number of halogens is 2. The number of benzene rings is 1. The number of hydrogen-bond acceptors (Lipinski definition) is 6. The van der Waals surface area contributed by atoms with Gasteiger partial charge >= 0.3 is 23.9 Å². The number of carbonyl (C=O) groups is 4. The second kappa shape index (κ2) is 15.2. The molecule has 0 aromatic heterocycles. The summed E-state index contributed by atoms with van der Waals surface area (Å²) >= 11 is 5.81. The molecule has 0 heterocycles. The van der Waals surface area contributed by atoms with E-state index in [1.807, 2.05) is 0 Å². The zero-order chi connectivity index (χ0) is 23.1. The zero-order valence-electron chi connectivity index (χ0n) is 15.8. The van der Waals surface area contributed by atoms with Crippen LogP contribution in [-0.2, 0) is 19.1 Å². The van der Waals surface area contributed by atoms with Gasteiger partial charge in [0.2, 0.25) is 0 Å². The highest BCUT2D eigenvalue weighted by atomic mass is 79.9. The van der Waals surface area contributed by atoms with Gasteiger partial charge in [0.25, 0.3) is 0 Å². The van der Waals surface area contributed by atoms with Crippen LogP contribution in [0.3, 0.4) is 0 Å². The molecule has 0 aliphatic heterocycles. The summed E-state index contributed by atoms with van der Waals surface area (Å²) in [5.74, 6) is -3.60. The first-order chi connectivity index (χ1) is 14.2. The van der Waals surface area contributed by atoms with E-state index in [0.29, 0.717) is 0 Å². The van der Waals surface area contributed by atoms with Gasteiger partial charge in [-0.3, -0.25) is 0 Å².